The number of nitrogens with zero attached hydrogens (tertiary/aromatic N) is 2. The van der Waals surface area contributed by atoms with Crippen LogP contribution in [0.25, 0.3) is 0 Å². The van der Waals surface area contributed by atoms with Gasteiger partial charge < -0.3 is 0 Å². The predicted molar refractivity (Wildman–Crippen MR) is 60.5 cm³/mol. The molecule has 0 atom stereocenters. The van der Waals surface area contributed by atoms with Crippen LogP contribution in [0, 0.1) is 18.3 Å². The van der Waals surface area contributed by atoms with Gasteiger partial charge in [-0.3, -0.25) is 0 Å². The van der Waals surface area contributed by atoms with Crippen molar-refractivity contribution in [1.29, 1.82) is 5.26 Å². The normalized spacial score (nSPS) is 17.6. The summed E-state index contributed by atoms with van der Waals surface area (Å²) in [5.41, 5.74) is 2.30. The number of rotatable bonds is 1. The van der Waals surface area contributed by atoms with Gasteiger partial charge in [0.15, 0.2) is 0 Å². The van der Waals surface area contributed by atoms with E-state index in [-0.39, 0.29) is 0 Å². The molecule has 15 heavy (non-hydrogen) atoms. The molecular formula is C11H12N2OS. The largest absolute Gasteiger partial charge is 0.249 e. The molecule has 1 aromatic carbocycles. The van der Waals surface area contributed by atoms with Gasteiger partial charge in [0, 0.05) is 11.5 Å². The first-order valence-corrected chi connectivity index (χ1v) is 6.72. The van der Waals surface area contributed by atoms with E-state index in [0.29, 0.717) is 17.1 Å². The summed E-state index contributed by atoms with van der Waals surface area (Å²) in [5.74, 6) is 1.43. The molecule has 0 amide bonds. The van der Waals surface area contributed by atoms with E-state index < -0.39 is 9.73 Å². The number of nitriles is 1. The van der Waals surface area contributed by atoms with E-state index in [4.69, 9.17) is 5.26 Å². The average molecular weight is 220 g/mol. The minimum absolute atomic E-state index is 0.620. The highest BCUT2D eigenvalue weighted by Gasteiger charge is 2.19. The molecule has 1 aromatic rings. The highest BCUT2D eigenvalue weighted by molar-refractivity contribution is 7.95. The lowest BCUT2D eigenvalue weighted by Crippen LogP contribution is -2.23. The smallest absolute Gasteiger partial charge is 0.0991 e. The molecule has 0 bridgehead atoms. The van der Waals surface area contributed by atoms with Crippen molar-refractivity contribution in [2.24, 2.45) is 4.36 Å². The van der Waals surface area contributed by atoms with Crippen molar-refractivity contribution in [3.8, 4) is 6.07 Å². The molecule has 1 aliphatic rings. The van der Waals surface area contributed by atoms with Gasteiger partial charge in [-0.2, -0.15) is 9.62 Å². The molecule has 0 saturated carbocycles. The highest BCUT2D eigenvalue weighted by atomic mass is 32.2. The Labute approximate surface area is 89.9 Å². The Morgan fingerprint density at radius 3 is 2.67 bits per heavy atom. The Bertz CT molecular complexity index is 538. The molecule has 3 nitrogen and oxygen atoms in total. The molecule has 0 radical (unpaired) electrons. The van der Waals surface area contributed by atoms with Gasteiger partial charge in [0.2, 0.25) is 0 Å². The van der Waals surface area contributed by atoms with Gasteiger partial charge in [-0.05, 0) is 37.1 Å². The molecule has 1 fully saturated rings. The summed E-state index contributed by atoms with van der Waals surface area (Å²) in [6.07, 6.45) is 1.01. The molecule has 4 heteroatoms. The monoisotopic (exact) mass is 220 g/mol. The van der Waals surface area contributed by atoms with E-state index in [1.54, 1.807) is 18.2 Å². The molecule has 1 aliphatic heterocycles. The first kappa shape index (κ1) is 10.2. The SMILES string of the molecule is Cc1cc(C#N)ccc1N=S1(=O)CCC1. The van der Waals surface area contributed by atoms with Crippen LogP contribution in [0.15, 0.2) is 22.6 Å². The topological polar surface area (TPSA) is 53.2 Å². The molecule has 78 valence electrons. The quantitative estimate of drug-likeness (QED) is 0.729. The second-order valence-electron chi connectivity index (χ2n) is 3.74. The van der Waals surface area contributed by atoms with Crippen LogP contribution in [0.4, 0.5) is 5.69 Å². The molecular weight excluding hydrogens is 208 g/mol. The summed E-state index contributed by atoms with van der Waals surface area (Å²) >= 11 is 0. The average Bonchev–Trinajstić information content (AvgIpc) is 2.18. The summed E-state index contributed by atoms with van der Waals surface area (Å²) in [6.45, 7) is 1.89. The van der Waals surface area contributed by atoms with E-state index in [9.17, 15) is 4.21 Å². The van der Waals surface area contributed by atoms with E-state index in [1.807, 2.05) is 6.92 Å². The van der Waals surface area contributed by atoms with Crippen LogP contribution in [0.5, 0.6) is 0 Å². The van der Waals surface area contributed by atoms with Crippen LogP contribution in [-0.4, -0.2) is 15.7 Å². The standard InChI is InChI=1S/C11H12N2OS/c1-9-7-10(8-12)3-4-11(9)13-15(14)5-2-6-15/h3-4,7H,2,5-6H2,1H3. The fourth-order valence-corrected chi connectivity index (χ4v) is 3.02. The molecule has 0 aliphatic carbocycles. The summed E-state index contributed by atoms with van der Waals surface area (Å²) < 4.78 is 16.2. The Hall–Kier alpha value is -1.34. The Morgan fingerprint density at radius 1 is 1.47 bits per heavy atom. The van der Waals surface area contributed by atoms with Crippen LogP contribution >= 0.6 is 0 Å². The van der Waals surface area contributed by atoms with Gasteiger partial charge in [-0.1, -0.05) is 0 Å². The summed E-state index contributed by atoms with van der Waals surface area (Å²) in [4.78, 5) is 0. The van der Waals surface area contributed by atoms with Gasteiger partial charge in [-0.25, -0.2) is 4.21 Å². The number of hydrogen-bond donors (Lipinski definition) is 0. The van der Waals surface area contributed by atoms with Crippen molar-refractivity contribution < 1.29 is 4.21 Å². The Morgan fingerprint density at radius 2 is 2.20 bits per heavy atom. The fourth-order valence-electron chi connectivity index (χ4n) is 1.49. The maximum Gasteiger partial charge on any atom is 0.0991 e. The molecule has 1 saturated heterocycles. The maximum absolute atomic E-state index is 11.9. The Kier molecular flexibility index (Phi) is 2.49. The minimum Gasteiger partial charge on any atom is -0.249 e. The first-order chi connectivity index (χ1) is 7.13. The molecule has 0 N–H and O–H groups in total. The fraction of sp³-hybridized carbons (Fsp3) is 0.364. The lowest BCUT2D eigenvalue weighted by molar-refractivity contribution is 0.663. The zero-order valence-electron chi connectivity index (χ0n) is 8.56. The van der Waals surface area contributed by atoms with Crippen LogP contribution in [0.3, 0.4) is 0 Å². The van der Waals surface area contributed by atoms with E-state index in [0.717, 1.165) is 17.7 Å². The third-order valence-corrected chi connectivity index (χ3v) is 4.90. The van der Waals surface area contributed by atoms with Gasteiger partial charge >= 0.3 is 0 Å². The predicted octanol–water partition coefficient (Wildman–Crippen LogP) is 2.37. The highest BCUT2D eigenvalue weighted by Crippen LogP contribution is 2.25. The minimum atomic E-state index is -1.94. The Balaban J connectivity index is 2.43. The van der Waals surface area contributed by atoms with Crippen molar-refractivity contribution in [3.63, 3.8) is 0 Å². The van der Waals surface area contributed by atoms with Crippen molar-refractivity contribution in [3.05, 3.63) is 29.3 Å². The van der Waals surface area contributed by atoms with E-state index in [1.165, 1.54) is 0 Å². The van der Waals surface area contributed by atoms with Gasteiger partial charge in [0.1, 0.15) is 0 Å². The number of hydrogen-bond acceptors (Lipinski definition) is 3. The number of aryl methyl sites for hydroxylation is 1. The molecule has 0 aromatic heterocycles. The van der Waals surface area contributed by atoms with Crippen molar-refractivity contribution >= 4 is 15.4 Å². The first-order valence-electron chi connectivity index (χ1n) is 4.86. The third-order valence-electron chi connectivity index (χ3n) is 2.52. The van der Waals surface area contributed by atoms with Crippen molar-refractivity contribution in [2.75, 3.05) is 11.5 Å². The summed E-state index contributed by atoms with van der Waals surface area (Å²) in [5, 5.41) is 8.71. The lowest BCUT2D eigenvalue weighted by Gasteiger charge is -2.18. The number of benzene rings is 1. The zero-order valence-corrected chi connectivity index (χ0v) is 9.38. The van der Waals surface area contributed by atoms with Crippen LogP contribution in [0.1, 0.15) is 17.5 Å². The van der Waals surface area contributed by atoms with Crippen LogP contribution < -0.4 is 0 Å². The molecule has 2 rings (SSSR count). The third kappa shape index (κ3) is 2.02. The van der Waals surface area contributed by atoms with Gasteiger partial charge in [0.05, 0.1) is 27.0 Å². The van der Waals surface area contributed by atoms with Crippen molar-refractivity contribution in [1.82, 2.24) is 0 Å². The van der Waals surface area contributed by atoms with E-state index in [2.05, 4.69) is 10.4 Å². The van der Waals surface area contributed by atoms with E-state index >= 15 is 0 Å². The van der Waals surface area contributed by atoms with Gasteiger partial charge in [0.25, 0.3) is 0 Å². The van der Waals surface area contributed by atoms with Crippen LogP contribution in [0.2, 0.25) is 0 Å². The van der Waals surface area contributed by atoms with Crippen LogP contribution in [-0.2, 0) is 9.73 Å². The maximum atomic E-state index is 11.9. The molecule has 0 unspecified atom stereocenters. The second-order valence-corrected chi connectivity index (χ2v) is 6.28. The zero-order chi connectivity index (χ0) is 10.9. The second kappa shape index (κ2) is 3.67. The summed E-state index contributed by atoms with van der Waals surface area (Å²) in [6, 6.07) is 7.34. The summed E-state index contributed by atoms with van der Waals surface area (Å²) in [7, 11) is -1.94. The van der Waals surface area contributed by atoms with Crippen molar-refractivity contribution in [2.45, 2.75) is 13.3 Å². The molecule has 1 heterocycles. The molecule has 0 spiro atoms. The lowest BCUT2D eigenvalue weighted by atomic mass is 10.1. The van der Waals surface area contributed by atoms with Gasteiger partial charge in [-0.15, -0.1) is 0 Å².